The van der Waals surface area contributed by atoms with Gasteiger partial charge in [-0.25, -0.2) is 8.42 Å². The van der Waals surface area contributed by atoms with E-state index in [0.717, 1.165) is 19.3 Å². The summed E-state index contributed by atoms with van der Waals surface area (Å²) in [4.78, 5) is 12.3. The predicted octanol–water partition coefficient (Wildman–Crippen LogP) is 4.19. The molecule has 2 aromatic carbocycles. The summed E-state index contributed by atoms with van der Waals surface area (Å²) in [5, 5.41) is 3.45. The molecule has 6 nitrogen and oxygen atoms in total. The van der Waals surface area contributed by atoms with Crippen molar-refractivity contribution in [1.82, 2.24) is 4.31 Å². The van der Waals surface area contributed by atoms with Gasteiger partial charge in [-0.1, -0.05) is 29.6 Å². The third-order valence-corrected chi connectivity index (χ3v) is 6.79. The van der Waals surface area contributed by atoms with E-state index in [1.165, 1.54) is 22.5 Å². The van der Waals surface area contributed by atoms with Crippen LogP contribution in [0, 0.1) is 0 Å². The predicted molar refractivity (Wildman–Crippen MR) is 110 cm³/mol. The number of carbonyl (C=O) groups excluding carboxylic acids is 1. The van der Waals surface area contributed by atoms with Gasteiger partial charge >= 0.3 is 0 Å². The smallest absolute Gasteiger partial charge is 0.262 e. The van der Waals surface area contributed by atoms with Gasteiger partial charge in [-0.05, 0) is 55.3 Å². The summed E-state index contributed by atoms with van der Waals surface area (Å²) in [7, 11) is -3.49. The number of sulfonamides is 1. The summed E-state index contributed by atoms with van der Waals surface area (Å²) in [5.74, 6) is -0.0400. The molecule has 1 aliphatic heterocycles. The third-order valence-electron chi connectivity index (χ3n) is 4.34. The van der Waals surface area contributed by atoms with E-state index in [-0.39, 0.29) is 11.5 Å². The van der Waals surface area contributed by atoms with Crippen molar-refractivity contribution in [3.05, 3.63) is 52.5 Å². The van der Waals surface area contributed by atoms with Crippen LogP contribution in [0.1, 0.15) is 19.3 Å². The molecular formula is C19H20Cl2N2O4S. The first-order chi connectivity index (χ1) is 13.4. The molecule has 3 rings (SSSR count). The van der Waals surface area contributed by atoms with Crippen molar-refractivity contribution in [3.8, 4) is 5.75 Å². The first-order valence-corrected chi connectivity index (χ1v) is 11.0. The number of hydrogen-bond donors (Lipinski definition) is 1. The van der Waals surface area contributed by atoms with Crippen LogP contribution < -0.4 is 10.1 Å². The molecule has 0 aliphatic carbocycles. The van der Waals surface area contributed by atoms with E-state index < -0.39 is 15.9 Å². The fraction of sp³-hybridized carbons (Fsp3) is 0.316. The summed E-state index contributed by atoms with van der Waals surface area (Å²) < 4.78 is 32.2. The minimum absolute atomic E-state index is 0.219. The van der Waals surface area contributed by atoms with E-state index in [9.17, 15) is 13.2 Å². The Labute approximate surface area is 174 Å². The highest BCUT2D eigenvalue weighted by Crippen LogP contribution is 2.27. The van der Waals surface area contributed by atoms with Gasteiger partial charge in [0.1, 0.15) is 5.75 Å². The van der Waals surface area contributed by atoms with Crippen LogP contribution in [0.4, 0.5) is 5.69 Å². The first kappa shape index (κ1) is 20.9. The van der Waals surface area contributed by atoms with Crippen molar-refractivity contribution in [2.45, 2.75) is 24.2 Å². The number of ether oxygens (including phenoxy) is 1. The Hall–Kier alpha value is -1.80. The van der Waals surface area contributed by atoms with Crippen LogP contribution in [0.5, 0.6) is 5.75 Å². The number of hydrogen-bond acceptors (Lipinski definition) is 4. The van der Waals surface area contributed by atoms with Gasteiger partial charge in [0.25, 0.3) is 5.91 Å². The van der Waals surface area contributed by atoms with Crippen LogP contribution in [0.2, 0.25) is 10.0 Å². The van der Waals surface area contributed by atoms with E-state index in [2.05, 4.69) is 5.32 Å². The summed E-state index contributed by atoms with van der Waals surface area (Å²) in [6, 6.07) is 10.8. The van der Waals surface area contributed by atoms with Gasteiger partial charge in [0, 0.05) is 23.8 Å². The number of carbonyl (C=O) groups is 1. The van der Waals surface area contributed by atoms with Crippen molar-refractivity contribution in [3.63, 3.8) is 0 Å². The largest absolute Gasteiger partial charge is 0.482 e. The first-order valence-electron chi connectivity index (χ1n) is 8.84. The minimum atomic E-state index is -3.49. The monoisotopic (exact) mass is 442 g/mol. The van der Waals surface area contributed by atoms with E-state index in [1.54, 1.807) is 24.3 Å². The average molecular weight is 443 g/mol. The Bertz CT molecular complexity index is 943. The second-order valence-corrected chi connectivity index (χ2v) is 9.18. The van der Waals surface area contributed by atoms with Gasteiger partial charge in [-0.15, -0.1) is 0 Å². The summed E-state index contributed by atoms with van der Waals surface area (Å²) >= 11 is 11.8. The van der Waals surface area contributed by atoms with Crippen molar-refractivity contribution >= 4 is 44.8 Å². The second-order valence-electron chi connectivity index (χ2n) is 6.40. The normalized spacial score (nSPS) is 15.2. The van der Waals surface area contributed by atoms with Gasteiger partial charge in [0.2, 0.25) is 10.0 Å². The van der Waals surface area contributed by atoms with Gasteiger partial charge in [0.05, 0.1) is 9.92 Å². The number of nitrogens with one attached hydrogen (secondary N) is 1. The molecule has 28 heavy (non-hydrogen) atoms. The molecule has 0 spiro atoms. The Morgan fingerprint density at radius 2 is 1.71 bits per heavy atom. The molecule has 0 saturated carbocycles. The highest BCUT2D eigenvalue weighted by atomic mass is 35.5. The molecule has 9 heteroatoms. The number of rotatable bonds is 6. The Kier molecular flexibility index (Phi) is 6.82. The molecule has 1 heterocycles. The summed E-state index contributed by atoms with van der Waals surface area (Å²) in [6.45, 7) is 0.853. The van der Waals surface area contributed by atoms with Crippen LogP contribution in [-0.4, -0.2) is 38.3 Å². The lowest BCUT2D eigenvalue weighted by Gasteiger charge is -2.25. The maximum Gasteiger partial charge on any atom is 0.262 e. The van der Waals surface area contributed by atoms with Gasteiger partial charge < -0.3 is 10.1 Å². The maximum atomic E-state index is 12.6. The molecular weight excluding hydrogens is 423 g/mol. The molecule has 0 aromatic heterocycles. The molecule has 0 unspecified atom stereocenters. The maximum absolute atomic E-state index is 12.6. The Morgan fingerprint density at radius 3 is 2.36 bits per heavy atom. The molecule has 0 radical (unpaired) electrons. The van der Waals surface area contributed by atoms with E-state index in [4.69, 9.17) is 27.9 Å². The number of benzene rings is 2. The Morgan fingerprint density at radius 1 is 1.04 bits per heavy atom. The summed E-state index contributed by atoms with van der Waals surface area (Å²) in [6.07, 6.45) is 2.82. The number of amides is 1. The molecule has 2 aromatic rings. The fourth-order valence-corrected chi connectivity index (χ4v) is 4.88. The molecule has 1 saturated heterocycles. The molecule has 1 amide bonds. The molecule has 1 fully saturated rings. The second kappa shape index (κ2) is 9.13. The topological polar surface area (TPSA) is 75.7 Å². The molecule has 1 aliphatic rings. The zero-order valence-electron chi connectivity index (χ0n) is 15.0. The lowest BCUT2D eigenvalue weighted by molar-refractivity contribution is -0.118. The minimum Gasteiger partial charge on any atom is -0.482 e. The molecule has 150 valence electrons. The highest BCUT2D eigenvalue weighted by Gasteiger charge is 2.25. The van der Waals surface area contributed by atoms with Crippen LogP contribution >= 0.6 is 23.2 Å². The van der Waals surface area contributed by atoms with Crippen molar-refractivity contribution in [2.75, 3.05) is 25.0 Å². The van der Waals surface area contributed by atoms with Crippen LogP contribution in [-0.2, 0) is 14.8 Å². The lowest BCUT2D eigenvalue weighted by Crippen LogP contribution is -2.35. The lowest BCUT2D eigenvalue weighted by atomic mass is 10.2. The SMILES string of the molecule is O=C(COc1ccc(Cl)cc1Cl)Nc1ccc(S(=O)(=O)N2CCCCC2)cc1. The van der Waals surface area contributed by atoms with Crippen LogP contribution in [0.15, 0.2) is 47.4 Å². The number of nitrogens with zero attached hydrogens (tertiary/aromatic N) is 1. The van der Waals surface area contributed by atoms with Gasteiger partial charge in [-0.2, -0.15) is 4.31 Å². The van der Waals surface area contributed by atoms with Crippen molar-refractivity contribution in [1.29, 1.82) is 0 Å². The highest BCUT2D eigenvalue weighted by molar-refractivity contribution is 7.89. The molecule has 1 N–H and O–H groups in total. The fourth-order valence-electron chi connectivity index (χ4n) is 2.90. The third kappa shape index (κ3) is 5.17. The van der Waals surface area contributed by atoms with Gasteiger partial charge in [-0.3, -0.25) is 4.79 Å². The van der Waals surface area contributed by atoms with Crippen LogP contribution in [0.3, 0.4) is 0 Å². The van der Waals surface area contributed by atoms with Gasteiger partial charge in [0.15, 0.2) is 6.61 Å². The number of anilines is 1. The average Bonchev–Trinajstić information content (AvgIpc) is 2.68. The Balaban J connectivity index is 1.58. The van der Waals surface area contributed by atoms with Crippen molar-refractivity contribution in [2.24, 2.45) is 0 Å². The number of halogens is 2. The van der Waals surface area contributed by atoms with Crippen LogP contribution in [0.25, 0.3) is 0 Å². The zero-order chi connectivity index (χ0) is 20.1. The van der Waals surface area contributed by atoms with E-state index >= 15 is 0 Å². The standard InChI is InChI=1S/C19H20Cl2N2O4S/c20-14-4-9-18(17(21)12-14)27-13-19(24)22-15-5-7-16(8-6-15)28(25,26)23-10-2-1-3-11-23/h4-9,12H,1-3,10-11,13H2,(H,22,24). The number of piperidine rings is 1. The quantitative estimate of drug-likeness (QED) is 0.727. The molecule has 0 bridgehead atoms. The van der Waals surface area contributed by atoms with E-state index in [0.29, 0.717) is 34.6 Å². The zero-order valence-corrected chi connectivity index (χ0v) is 17.4. The molecule has 0 atom stereocenters. The van der Waals surface area contributed by atoms with Crippen molar-refractivity contribution < 1.29 is 17.9 Å². The van der Waals surface area contributed by atoms with E-state index in [1.807, 2.05) is 0 Å². The summed E-state index contributed by atoms with van der Waals surface area (Å²) in [5.41, 5.74) is 0.480.